The molecular formula is C8H15Cl2N3S. The fraction of sp³-hybridized carbons (Fsp3) is 0.625. The second-order valence-electron chi connectivity index (χ2n) is 3.16. The molecule has 1 aromatic heterocycles. The minimum absolute atomic E-state index is 0. The molecule has 1 aliphatic heterocycles. The zero-order chi connectivity index (χ0) is 8.39. The van der Waals surface area contributed by atoms with E-state index in [1.807, 2.05) is 11.6 Å². The molecule has 1 atom stereocenters. The van der Waals surface area contributed by atoms with E-state index in [0.717, 1.165) is 24.6 Å². The highest BCUT2D eigenvalue weighted by Crippen LogP contribution is 2.20. The van der Waals surface area contributed by atoms with Gasteiger partial charge in [0.25, 0.3) is 0 Å². The average molecular weight is 256 g/mol. The highest BCUT2D eigenvalue weighted by molar-refractivity contribution is 7.13. The molecule has 1 fully saturated rings. The molecule has 1 saturated heterocycles. The van der Waals surface area contributed by atoms with E-state index in [1.165, 1.54) is 6.42 Å². The third-order valence-corrected chi connectivity index (χ3v) is 2.98. The third kappa shape index (κ3) is 3.28. The van der Waals surface area contributed by atoms with Crippen LogP contribution in [0.5, 0.6) is 0 Å². The molecule has 0 spiro atoms. The molecule has 3 nitrogen and oxygen atoms in total. The van der Waals surface area contributed by atoms with E-state index in [0.29, 0.717) is 6.04 Å². The molecule has 1 aromatic rings. The van der Waals surface area contributed by atoms with E-state index < -0.39 is 0 Å². The van der Waals surface area contributed by atoms with Crippen LogP contribution in [-0.4, -0.2) is 24.1 Å². The number of aromatic nitrogens is 1. The molecule has 14 heavy (non-hydrogen) atoms. The number of anilines is 1. The standard InChI is InChI=1S/C8H13N3S.2ClH/c9-7-2-1-4-11(6-7)8-10-3-5-12-8;;/h3,5,7H,1-2,4,6,9H2;2*1H. The van der Waals surface area contributed by atoms with Crippen molar-refractivity contribution in [2.45, 2.75) is 18.9 Å². The molecular weight excluding hydrogens is 241 g/mol. The van der Waals surface area contributed by atoms with Crippen LogP contribution in [-0.2, 0) is 0 Å². The first-order valence-corrected chi connectivity index (χ1v) is 5.14. The quantitative estimate of drug-likeness (QED) is 0.834. The van der Waals surface area contributed by atoms with Gasteiger partial charge in [0.2, 0.25) is 0 Å². The van der Waals surface area contributed by atoms with Gasteiger partial charge in [-0.25, -0.2) is 4.98 Å². The zero-order valence-electron chi connectivity index (χ0n) is 7.76. The lowest BCUT2D eigenvalue weighted by atomic mass is 10.1. The second kappa shape index (κ2) is 6.45. The SMILES string of the molecule is Cl.Cl.NC1CCCN(c2nccs2)C1. The Morgan fingerprint density at radius 2 is 2.29 bits per heavy atom. The lowest BCUT2D eigenvalue weighted by Crippen LogP contribution is -2.42. The molecule has 0 aliphatic carbocycles. The van der Waals surface area contributed by atoms with Gasteiger partial charge in [-0.15, -0.1) is 36.2 Å². The van der Waals surface area contributed by atoms with Crippen molar-refractivity contribution in [1.29, 1.82) is 0 Å². The lowest BCUT2D eigenvalue weighted by molar-refractivity contribution is 0.505. The van der Waals surface area contributed by atoms with Gasteiger partial charge in [-0.2, -0.15) is 0 Å². The molecule has 82 valence electrons. The van der Waals surface area contributed by atoms with Gasteiger partial charge in [0.15, 0.2) is 5.13 Å². The molecule has 0 aromatic carbocycles. The summed E-state index contributed by atoms with van der Waals surface area (Å²) in [6, 6.07) is 0.336. The van der Waals surface area contributed by atoms with Gasteiger partial charge in [0.05, 0.1) is 0 Å². The van der Waals surface area contributed by atoms with Crippen molar-refractivity contribution in [3.8, 4) is 0 Å². The molecule has 1 aliphatic rings. The smallest absolute Gasteiger partial charge is 0.185 e. The Balaban J connectivity index is 0.000000845. The Hall–Kier alpha value is -0.0300. The maximum absolute atomic E-state index is 5.87. The molecule has 0 bridgehead atoms. The van der Waals surface area contributed by atoms with Gasteiger partial charge >= 0.3 is 0 Å². The maximum Gasteiger partial charge on any atom is 0.185 e. The summed E-state index contributed by atoms with van der Waals surface area (Å²) >= 11 is 1.69. The predicted octanol–water partition coefficient (Wildman–Crippen LogP) is 1.91. The number of hydrogen-bond donors (Lipinski definition) is 1. The highest BCUT2D eigenvalue weighted by atomic mass is 35.5. The van der Waals surface area contributed by atoms with Crippen molar-refractivity contribution < 1.29 is 0 Å². The van der Waals surface area contributed by atoms with Crippen molar-refractivity contribution in [1.82, 2.24) is 4.98 Å². The van der Waals surface area contributed by atoms with Gasteiger partial charge in [0.1, 0.15) is 0 Å². The van der Waals surface area contributed by atoms with Crippen LogP contribution in [0.4, 0.5) is 5.13 Å². The third-order valence-electron chi connectivity index (χ3n) is 2.15. The molecule has 1 unspecified atom stereocenters. The summed E-state index contributed by atoms with van der Waals surface area (Å²) in [6.07, 6.45) is 4.20. The average Bonchev–Trinajstić information content (AvgIpc) is 2.56. The van der Waals surface area contributed by atoms with Crippen molar-refractivity contribution in [2.24, 2.45) is 5.73 Å². The molecule has 2 N–H and O–H groups in total. The van der Waals surface area contributed by atoms with E-state index in [9.17, 15) is 0 Å². The minimum Gasteiger partial charge on any atom is -0.347 e. The number of nitrogens with two attached hydrogens (primary N) is 1. The summed E-state index contributed by atoms with van der Waals surface area (Å²) in [4.78, 5) is 6.54. The second-order valence-corrected chi connectivity index (χ2v) is 4.04. The number of halogens is 2. The van der Waals surface area contributed by atoms with Crippen LogP contribution in [0.3, 0.4) is 0 Å². The topological polar surface area (TPSA) is 42.1 Å². The van der Waals surface area contributed by atoms with Gasteiger partial charge in [-0.1, -0.05) is 0 Å². The molecule has 2 rings (SSSR count). The minimum atomic E-state index is 0. The number of rotatable bonds is 1. The Morgan fingerprint density at radius 3 is 2.86 bits per heavy atom. The van der Waals surface area contributed by atoms with Gasteiger partial charge in [-0.05, 0) is 12.8 Å². The fourth-order valence-electron chi connectivity index (χ4n) is 1.56. The number of hydrogen-bond acceptors (Lipinski definition) is 4. The van der Waals surface area contributed by atoms with Crippen LogP contribution in [0, 0.1) is 0 Å². The van der Waals surface area contributed by atoms with Crippen LogP contribution in [0.15, 0.2) is 11.6 Å². The van der Waals surface area contributed by atoms with Crippen LogP contribution in [0.25, 0.3) is 0 Å². The Kier molecular flexibility index (Phi) is 6.44. The number of nitrogens with zero attached hydrogens (tertiary/aromatic N) is 2. The van der Waals surface area contributed by atoms with Crippen molar-refractivity contribution in [2.75, 3.05) is 18.0 Å². The summed E-state index contributed by atoms with van der Waals surface area (Å²) in [7, 11) is 0. The van der Waals surface area contributed by atoms with E-state index in [-0.39, 0.29) is 24.8 Å². The van der Waals surface area contributed by atoms with Crippen LogP contribution >= 0.6 is 36.2 Å². The molecule has 0 radical (unpaired) electrons. The number of thiazole rings is 1. The summed E-state index contributed by atoms with van der Waals surface area (Å²) in [6.45, 7) is 2.08. The van der Waals surface area contributed by atoms with E-state index >= 15 is 0 Å². The van der Waals surface area contributed by atoms with E-state index in [4.69, 9.17) is 5.73 Å². The molecule has 0 amide bonds. The van der Waals surface area contributed by atoms with Crippen molar-refractivity contribution in [3.05, 3.63) is 11.6 Å². The normalized spacial score (nSPS) is 20.9. The molecule has 0 saturated carbocycles. The maximum atomic E-state index is 5.87. The predicted molar refractivity (Wildman–Crippen MR) is 66.0 cm³/mol. The van der Waals surface area contributed by atoms with Crippen LogP contribution < -0.4 is 10.6 Å². The summed E-state index contributed by atoms with van der Waals surface area (Å²) in [5.74, 6) is 0. The molecule has 2 heterocycles. The first-order chi connectivity index (χ1) is 5.86. The van der Waals surface area contributed by atoms with Crippen molar-refractivity contribution >= 4 is 41.3 Å². The van der Waals surface area contributed by atoms with E-state index in [2.05, 4.69) is 9.88 Å². The largest absolute Gasteiger partial charge is 0.347 e. The van der Waals surface area contributed by atoms with E-state index in [1.54, 1.807) is 11.3 Å². The Labute approximate surface area is 101 Å². The lowest BCUT2D eigenvalue weighted by Gasteiger charge is -2.30. The van der Waals surface area contributed by atoms with Gasteiger partial charge < -0.3 is 10.6 Å². The summed E-state index contributed by atoms with van der Waals surface area (Å²) in [5.41, 5.74) is 5.87. The van der Waals surface area contributed by atoms with Gasteiger partial charge in [0, 0.05) is 30.7 Å². The summed E-state index contributed by atoms with van der Waals surface area (Å²) in [5, 5.41) is 3.13. The first-order valence-electron chi connectivity index (χ1n) is 4.26. The highest BCUT2D eigenvalue weighted by Gasteiger charge is 2.17. The van der Waals surface area contributed by atoms with Crippen molar-refractivity contribution in [3.63, 3.8) is 0 Å². The summed E-state index contributed by atoms with van der Waals surface area (Å²) < 4.78 is 0. The Bertz CT molecular complexity index is 243. The fourth-order valence-corrected chi connectivity index (χ4v) is 2.24. The van der Waals surface area contributed by atoms with Crippen LogP contribution in [0.1, 0.15) is 12.8 Å². The molecule has 6 heteroatoms. The monoisotopic (exact) mass is 255 g/mol. The van der Waals surface area contributed by atoms with Gasteiger partial charge in [-0.3, -0.25) is 0 Å². The zero-order valence-corrected chi connectivity index (χ0v) is 10.2. The number of piperidine rings is 1. The Morgan fingerprint density at radius 1 is 1.50 bits per heavy atom. The van der Waals surface area contributed by atoms with Crippen LogP contribution in [0.2, 0.25) is 0 Å². The first kappa shape index (κ1) is 14.0.